The van der Waals surface area contributed by atoms with Gasteiger partial charge in [-0.2, -0.15) is 40.5 Å². The third-order valence-corrected chi connectivity index (χ3v) is 33.1. The van der Waals surface area contributed by atoms with Crippen molar-refractivity contribution in [2.45, 2.75) is 268 Å². The van der Waals surface area contributed by atoms with Crippen molar-refractivity contribution in [1.82, 2.24) is 87.8 Å². The largest absolute Gasteiger partial charge is 0.477 e. The van der Waals surface area contributed by atoms with E-state index in [1.54, 1.807) is 104 Å². The summed E-state index contributed by atoms with van der Waals surface area (Å²) in [4.78, 5) is 62.1. The van der Waals surface area contributed by atoms with Gasteiger partial charge in [0.15, 0.2) is 32.5 Å². The van der Waals surface area contributed by atoms with Gasteiger partial charge in [-0.05, 0) is 324 Å². The molecule has 3 saturated heterocycles. The van der Waals surface area contributed by atoms with Gasteiger partial charge in [0, 0.05) is 128 Å². The zero-order valence-electron chi connectivity index (χ0n) is 75.6. The molecule has 12 aliphatic rings. The first-order valence-corrected chi connectivity index (χ1v) is 51.4. The molecular weight excluding hydrogens is 1700 g/mol. The molecule has 6 saturated carbocycles. The number of nitrogens with zero attached hydrogens (tertiary/aromatic N) is 18. The Morgan fingerprint density at radius 2 is 0.620 bits per heavy atom. The molecule has 9 aromatic heterocycles. The molecule has 3 N–H and O–H groups in total. The SMILES string of the molecule is Cc1cn2nc1S(=O)(=O)NC(=O)c1ccc(-n3ccc(OCCC(C4CC4)C4CC4)n3)nc1N1CC(CCC2)CC1(C)C.Cc1cn2nc1S(=O)(=O)NC(=O)c1ccc(-n3ccc(OCCC(C4CC4)C4CC4)n3)nc1N1CC(CCC2)CC1(C)C.Cc1cn2nc1S(=O)(=O)NC(=O)c1ccc(-n3ccc(OCCC(C4CC4)C4CC4)n3)nc1N1CC(CCC2)CC1(C)C. The molecule has 15 heterocycles. The zero-order valence-corrected chi connectivity index (χ0v) is 78.0. The molecule has 0 aromatic carbocycles. The van der Waals surface area contributed by atoms with Crippen molar-refractivity contribution < 1.29 is 53.8 Å². The van der Waals surface area contributed by atoms with E-state index in [4.69, 9.17) is 29.2 Å². The maximum atomic E-state index is 13.6. The standard InChI is InChI=1S/3C31H41N7O4S/c3*1-20-18-36-14-4-5-21-17-31(2,3)37(19-21)28-25(29(39)35-43(40,41)30(20)34-36)10-11-26(32-28)38-15-12-27(33-38)42-16-13-24(22-6-7-22)23-8-9-23/h3*10-12,15,18,21-24H,4-9,13-14,16-17,19H2,1-3H3,(H,35,39). The number of amides is 3. The Labute approximate surface area is 755 Å². The van der Waals surface area contributed by atoms with Gasteiger partial charge in [-0.1, -0.05) is 0 Å². The van der Waals surface area contributed by atoms with Crippen LogP contribution in [-0.4, -0.2) is 173 Å². The molecule has 0 radical (unpaired) electrons. The highest BCUT2D eigenvalue weighted by Gasteiger charge is 2.48. The summed E-state index contributed by atoms with van der Waals surface area (Å²) in [6, 6.07) is 15.5. The second-order valence-electron chi connectivity index (χ2n) is 40.7. The van der Waals surface area contributed by atoms with Crippen LogP contribution >= 0.6 is 0 Å². The van der Waals surface area contributed by atoms with Gasteiger partial charge in [0.05, 0.1) is 36.5 Å². The van der Waals surface area contributed by atoms with Gasteiger partial charge in [-0.25, -0.2) is 43.2 Å². The number of ether oxygens (including phenoxy) is 3. The summed E-state index contributed by atoms with van der Waals surface area (Å²) in [7, 11) is -12.5. The highest BCUT2D eigenvalue weighted by Crippen LogP contribution is 2.54. The summed E-state index contributed by atoms with van der Waals surface area (Å²) < 4.78 is 114. The van der Waals surface area contributed by atoms with E-state index in [1.807, 2.05) is 36.8 Å². The van der Waals surface area contributed by atoms with Crippen LogP contribution in [0.15, 0.2) is 107 Å². The highest BCUT2D eigenvalue weighted by molar-refractivity contribution is 7.90. The van der Waals surface area contributed by atoms with Crippen LogP contribution in [0.25, 0.3) is 17.5 Å². The number of rotatable bonds is 21. The van der Waals surface area contributed by atoms with Gasteiger partial charge in [-0.3, -0.25) is 28.4 Å². The van der Waals surface area contributed by atoms with Gasteiger partial charge in [0.25, 0.3) is 47.8 Å². The van der Waals surface area contributed by atoms with Crippen LogP contribution in [0.4, 0.5) is 17.5 Å². The number of fused-ring (bicyclic) bond motifs is 18. The first-order chi connectivity index (χ1) is 61.7. The third-order valence-electron chi connectivity index (χ3n) is 29.0. The molecular formula is C93H123N21O12S3. The van der Waals surface area contributed by atoms with Crippen molar-refractivity contribution in [3.8, 4) is 35.1 Å². The van der Waals surface area contributed by atoms with Crippen LogP contribution in [0, 0.1) is 91.8 Å². The second kappa shape index (κ2) is 34.8. The second-order valence-corrected chi connectivity index (χ2v) is 45.5. The minimum Gasteiger partial charge on any atom is -0.477 e. The maximum absolute atomic E-state index is 13.6. The summed E-state index contributed by atoms with van der Waals surface area (Å²) in [6.07, 6.45) is 38.5. The van der Waals surface area contributed by atoms with Crippen molar-refractivity contribution >= 4 is 65.2 Å². The predicted octanol–water partition coefficient (Wildman–Crippen LogP) is 13.5. The number of nitrogens with one attached hydrogen (secondary N) is 3. The Balaban J connectivity index is 0.000000126. The van der Waals surface area contributed by atoms with E-state index >= 15 is 0 Å². The van der Waals surface area contributed by atoms with Gasteiger partial charge in [0.2, 0.25) is 17.6 Å². The van der Waals surface area contributed by atoms with Gasteiger partial charge < -0.3 is 28.9 Å². The number of anilines is 3. The monoisotopic (exact) mass is 1820 g/mol. The number of carbonyl (C=O) groups excluding carboxylic acids is 3. The summed E-state index contributed by atoms with van der Waals surface area (Å²) in [5, 5.41) is 26.4. The van der Waals surface area contributed by atoms with E-state index < -0.39 is 47.8 Å². The van der Waals surface area contributed by atoms with Crippen molar-refractivity contribution in [2.75, 3.05) is 54.2 Å². The lowest BCUT2D eigenvalue weighted by Crippen LogP contribution is -2.41. The highest BCUT2D eigenvalue weighted by atomic mass is 32.2. The summed E-state index contributed by atoms with van der Waals surface area (Å²) in [5.74, 6) is 11.3. The molecule has 0 spiro atoms. The average molecular weight is 1820 g/mol. The van der Waals surface area contributed by atoms with Crippen molar-refractivity contribution in [2.24, 2.45) is 71.0 Å². The summed E-state index contributed by atoms with van der Waals surface area (Å²) in [6.45, 7) is 24.0. The van der Waals surface area contributed by atoms with Crippen LogP contribution in [0.1, 0.15) is 243 Å². The number of hydrogen-bond acceptors (Lipinski definition) is 24. The number of hydrogen-bond donors (Lipinski definition) is 3. The molecule has 690 valence electrons. The Bertz CT molecular complexity index is 5450. The van der Waals surface area contributed by atoms with E-state index in [1.165, 1.54) is 77.0 Å². The van der Waals surface area contributed by atoms with Crippen LogP contribution in [0.5, 0.6) is 17.6 Å². The van der Waals surface area contributed by atoms with Gasteiger partial charge in [0.1, 0.15) is 17.5 Å². The first-order valence-electron chi connectivity index (χ1n) is 47.0. The van der Waals surface area contributed by atoms with E-state index in [9.17, 15) is 39.6 Å². The molecule has 129 heavy (non-hydrogen) atoms. The molecule has 6 aliphatic carbocycles. The summed E-state index contributed by atoms with van der Waals surface area (Å²) >= 11 is 0. The lowest BCUT2D eigenvalue weighted by Gasteiger charge is -2.34. The Hall–Kier alpha value is -10.2. The molecule has 3 amide bonds. The minimum atomic E-state index is -4.18. The fraction of sp³-hybridized carbons (Fsp3) is 0.613. The molecule has 9 aromatic rings. The minimum absolute atomic E-state index is 0.127. The smallest absolute Gasteiger partial charge is 0.283 e. The Morgan fingerprint density at radius 1 is 0.364 bits per heavy atom. The zero-order chi connectivity index (χ0) is 89.8. The normalized spacial score (nSPS) is 23.1. The number of pyridine rings is 3. The van der Waals surface area contributed by atoms with Crippen molar-refractivity contribution in [3.05, 3.63) is 125 Å². The lowest BCUT2D eigenvalue weighted by molar-refractivity contribution is 0.0972. The van der Waals surface area contributed by atoms with E-state index in [0.717, 1.165) is 150 Å². The van der Waals surface area contributed by atoms with Crippen molar-refractivity contribution in [1.29, 1.82) is 0 Å². The summed E-state index contributed by atoms with van der Waals surface area (Å²) in [5.41, 5.74) is 1.26. The molecule has 6 aliphatic heterocycles. The van der Waals surface area contributed by atoms with Crippen LogP contribution in [0.2, 0.25) is 0 Å². The quantitative estimate of drug-likeness (QED) is 0.0601. The molecule has 9 fully saturated rings. The molecule has 12 bridgehead atoms. The van der Waals surface area contributed by atoms with Crippen LogP contribution in [-0.2, 0) is 49.7 Å². The number of aromatic nitrogens is 15. The topological polar surface area (TPSA) is 373 Å². The first kappa shape index (κ1) is 88.1. The molecule has 33 nitrogen and oxygen atoms in total. The van der Waals surface area contributed by atoms with Crippen LogP contribution in [0.3, 0.4) is 0 Å². The van der Waals surface area contributed by atoms with E-state index in [2.05, 4.69) is 101 Å². The molecule has 36 heteroatoms. The average Bonchev–Trinajstić information content (AvgIpc) is 1.43. The number of aryl methyl sites for hydroxylation is 6. The Morgan fingerprint density at radius 3 is 0.868 bits per heavy atom. The lowest BCUT2D eigenvalue weighted by atomic mass is 9.93. The van der Waals surface area contributed by atoms with Crippen molar-refractivity contribution in [3.63, 3.8) is 0 Å². The maximum Gasteiger partial charge on any atom is 0.283 e. The number of sulfonamides is 3. The molecule has 3 unspecified atom stereocenters. The van der Waals surface area contributed by atoms with E-state index in [0.29, 0.717) is 126 Å². The molecule has 21 rings (SSSR count). The fourth-order valence-electron chi connectivity index (χ4n) is 21.8. The third kappa shape index (κ3) is 19.6. The van der Waals surface area contributed by atoms with Gasteiger partial charge >= 0.3 is 0 Å². The fourth-order valence-corrected chi connectivity index (χ4v) is 25.2. The Kier molecular flexibility index (Phi) is 23.8. The van der Waals surface area contributed by atoms with Gasteiger partial charge in [-0.15, -0.1) is 15.3 Å². The predicted molar refractivity (Wildman–Crippen MR) is 482 cm³/mol. The molecule has 3 atom stereocenters. The van der Waals surface area contributed by atoms with E-state index in [-0.39, 0.29) is 48.4 Å². The van der Waals surface area contributed by atoms with Crippen LogP contribution < -0.4 is 43.1 Å². The number of carbonyl (C=O) groups is 3.